The number of unbranched alkanes of at least 4 members (excludes halogenated alkanes) is 3. The number of rotatable bonds is 8. The highest BCUT2D eigenvalue weighted by molar-refractivity contribution is 8.07. The fourth-order valence-corrected chi connectivity index (χ4v) is 5.73. The van der Waals surface area contributed by atoms with Gasteiger partial charge in [0.05, 0.1) is 0 Å². The van der Waals surface area contributed by atoms with Gasteiger partial charge in [0, 0.05) is 28.0 Å². The van der Waals surface area contributed by atoms with E-state index >= 15 is 0 Å². The number of nitrogens with one attached hydrogen (secondary N) is 1. The van der Waals surface area contributed by atoms with E-state index in [1.165, 1.54) is 50.0 Å². The van der Waals surface area contributed by atoms with Crippen molar-refractivity contribution in [3.63, 3.8) is 0 Å². The van der Waals surface area contributed by atoms with E-state index in [2.05, 4.69) is 42.8 Å². The van der Waals surface area contributed by atoms with Gasteiger partial charge < -0.3 is 0 Å². The van der Waals surface area contributed by atoms with Crippen LogP contribution in [-0.2, 0) is 0 Å². The number of hydrazine groups is 1. The molecule has 0 amide bonds. The minimum atomic E-state index is 0.509. The Morgan fingerprint density at radius 1 is 1.18 bits per heavy atom. The third kappa shape index (κ3) is 5.41. The lowest BCUT2D eigenvalue weighted by molar-refractivity contribution is 0.442. The molecule has 1 aliphatic rings. The van der Waals surface area contributed by atoms with Crippen molar-refractivity contribution in [1.82, 2.24) is 5.43 Å². The van der Waals surface area contributed by atoms with Crippen molar-refractivity contribution in [1.29, 1.82) is 0 Å². The lowest BCUT2D eigenvalue weighted by atomic mass is 10.0. The topological polar surface area (TPSA) is 38.0 Å². The first-order valence-electron chi connectivity index (χ1n) is 7.02. The molecule has 3 unspecified atom stereocenters. The lowest BCUT2D eigenvalue weighted by Crippen LogP contribution is -2.48. The molecule has 1 saturated heterocycles. The molecule has 2 nitrogen and oxygen atoms in total. The van der Waals surface area contributed by atoms with Crippen LogP contribution in [0.2, 0.25) is 0 Å². The Bertz CT molecular complexity index is 190. The molecule has 0 radical (unpaired) electrons. The average molecular weight is 277 g/mol. The smallest absolute Gasteiger partial charge is 0.0340 e. The Kier molecular flexibility index (Phi) is 8.79. The van der Waals surface area contributed by atoms with Crippen molar-refractivity contribution in [2.24, 2.45) is 5.84 Å². The maximum absolute atomic E-state index is 5.76. The fourth-order valence-electron chi connectivity index (χ4n) is 2.44. The predicted molar refractivity (Wildman–Crippen MR) is 82.7 cm³/mol. The summed E-state index contributed by atoms with van der Waals surface area (Å²) < 4.78 is 0. The van der Waals surface area contributed by atoms with Gasteiger partial charge >= 0.3 is 0 Å². The second-order valence-electron chi connectivity index (χ2n) is 4.78. The van der Waals surface area contributed by atoms with Gasteiger partial charge in [0.2, 0.25) is 0 Å². The summed E-state index contributed by atoms with van der Waals surface area (Å²) in [5, 5.41) is 1.51. The zero-order valence-electron chi connectivity index (χ0n) is 11.3. The van der Waals surface area contributed by atoms with E-state index < -0.39 is 0 Å². The summed E-state index contributed by atoms with van der Waals surface area (Å²) in [6.07, 6.45) is 7.87. The summed E-state index contributed by atoms with van der Waals surface area (Å²) in [6.45, 7) is 4.57. The molecule has 17 heavy (non-hydrogen) atoms. The Labute approximate surface area is 115 Å². The van der Waals surface area contributed by atoms with E-state index in [1.807, 2.05) is 0 Å². The SMILES string of the molecule is CCCCCCC(NN)C1SCCSC1CC. The summed E-state index contributed by atoms with van der Waals surface area (Å²) in [5.41, 5.74) is 3.08. The first kappa shape index (κ1) is 15.7. The van der Waals surface area contributed by atoms with Crippen molar-refractivity contribution >= 4 is 23.5 Å². The van der Waals surface area contributed by atoms with Gasteiger partial charge in [-0.1, -0.05) is 39.5 Å². The highest BCUT2D eigenvalue weighted by Crippen LogP contribution is 2.36. The second-order valence-corrected chi connectivity index (χ2v) is 7.41. The van der Waals surface area contributed by atoms with Gasteiger partial charge in [0.25, 0.3) is 0 Å². The van der Waals surface area contributed by atoms with Crippen LogP contribution < -0.4 is 11.3 Å². The van der Waals surface area contributed by atoms with Gasteiger partial charge in [-0.05, 0) is 12.8 Å². The summed E-state index contributed by atoms with van der Waals surface area (Å²) in [5.74, 6) is 8.37. The standard InChI is InChI=1S/C13H28N2S2/c1-3-5-6-7-8-11(15-14)13-12(4-2)16-9-10-17-13/h11-13,15H,3-10,14H2,1-2H3. The van der Waals surface area contributed by atoms with Crippen molar-refractivity contribution in [3.8, 4) is 0 Å². The molecule has 1 aliphatic heterocycles. The third-order valence-corrected chi connectivity index (χ3v) is 6.88. The minimum Gasteiger partial charge on any atom is -0.271 e. The molecule has 0 aliphatic carbocycles. The molecule has 0 saturated carbocycles. The number of thioether (sulfide) groups is 2. The van der Waals surface area contributed by atoms with Gasteiger partial charge in [0.1, 0.15) is 0 Å². The van der Waals surface area contributed by atoms with Crippen molar-refractivity contribution in [2.45, 2.75) is 68.9 Å². The van der Waals surface area contributed by atoms with Crippen LogP contribution in [0, 0.1) is 0 Å². The molecule has 3 atom stereocenters. The van der Waals surface area contributed by atoms with Gasteiger partial charge in [-0.15, -0.1) is 0 Å². The van der Waals surface area contributed by atoms with Crippen LogP contribution in [0.1, 0.15) is 52.4 Å². The van der Waals surface area contributed by atoms with Crippen LogP contribution in [0.5, 0.6) is 0 Å². The van der Waals surface area contributed by atoms with Gasteiger partial charge in [-0.3, -0.25) is 11.3 Å². The van der Waals surface area contributed by atoms with Crippen molar-refractivity contribution < 1.29 is 0 Å². The van der Waals surface area contributed by atoms with Crippen molar-refractivity contribution in [2.75, 3.05) is 11.5 Å². The largest absolute Gasteiger partial charge is 0.271 e. The molecule has 3 N–H and O–H groups in total. The van der Waals surface area contributed by atoms with Crippen LogP contribution in [0.15, 0.2) is 0 Å². The summed E-state index contributed by atoms with van der Waals surface area (Å²) in [7, 11) is 0. The molecule has 4 heteroatoms. The van der Waals surface area contributed by atoms with Crippen LogP contribution in [0.4, 0.5) is 0 Å². The van der Waals surface area contributed by atoms with Crippen LogP contribution >= 0.6 is 23.5 Å². The lowest BCUT2D eigenvalue weighted by Gasteiger charge is -2.35. The summed E-state index contributed by atoms with van der Waals surface area (Å²) in [4.78, 5) is 0. The van der Waals surface area contributed by atoms with Crippen LogP contribution in [0.3, 0.4) is 0 Å². The van der Waals surface area contributed by atoms with Crippen LogP contribution in [-0.4, -0.2) is 28.0 Å². The monoisotopic (exact) mass is 276 g/mol. The second kappa shape index (κ2) is 9.54. The zero-order chi connectivity index (χ0) is 12.5. The van der Waals surface area contributed by atoms with E-state index in [-0.39, 0.29) is 0 Å². The highest BCUT2D eigenvalue weighted by atomic mass is 32.2. The quantitative estimate of drug-likeness (QED) is 0.405. The molecule has 0 aromatic carbocycles. The van der Waals surface area contributed by atoms with E-state index in [4.69, 9.17) is 5.84 Å². The summed E-state index contributed by atoms with van der Waals surface area (Å²) in [6, 6.07) is 0.509. The fraction of sp³-hybridized carbons (Fsp3) is 1.00. The maximum atomic E-state index is 5.76. The first-order chi connectivity index (χ1) is 8.33. The van der Waals surface area contributed by atoms with Gasteiger partial charge in [0.15, 0.2) is 0 Å². The molecule has 1 rings (SSSR count). The normalized spacial score (nSPS) is 27.0. The molecule has 0 spiro atoms. The summed E-state index contributed by atoms with van der Waals surface area (Å²) >= 11 is 4.27. The molecular weight excluding hydrogens is 248 g/mol. The number of hydrogen-bond donors (Lipinski definition) is 2. The molecule has 1 heterocycles. The van der Waals surface area contributed by atoms with E-state index in [0.717, 1.165) is 5.25 Å². The van der Waals surface area contributed by atoms with Gasteiger partial charge in [-0.25, -0.2) is 0 Å². The Balaban J connectivity index is 2.35. The minimum absolute atomic E-state index is 0.509. The molecule has 0 aromatic heterocycles. The Morgan fingerprint density at radius 3 is 2.59 bits per heavy atom. The average Bonchev–Trinajstić information content (AvgIpc) is 2.39. The molecule has 0 bridgehead atoms. The molecule has 1 fully saturated rings. The van der Waals surface area contributed by atoms with Crippen LogP contribution in [0.25, 0.3) is 0 Å². The molecular formula is C13H28N2S2. The van der Waals surface area contributed by atoms with E-state index in [0.29, 0.717) is 11.3 Å². The number of hydrogen-bond acceptors (Lipinski definition) is 4. The van der Waals surface area contributed by atoms with Crippen molar-refractivity contribution in [3.05, 3.63) is 0 Å². The third-order valence-electron chi connectivity index (χ3n) is 3.47. The predicted octanol–water partition coefficient (Wildman–Crippen LogP) is 3.42. The van der Waals surface area contributed by atoms with E-state index in [1.54, 1.807) is 0 Å². The zero-order valence-corrected chi connectivity index (χ0v) is 12.9. The molecule has 102 valence electrons. The van der Waals surface area contributed by atoms with Gasteiger partial charge in [-0.2, -0.15) is 23.5 Å². The van der Waals surface area contributed by atoms with E-state index in [9.17, 15) is 0 Å². The number of nitrogens with two attached hydrogens (primary N) is 1. The Morgan fingerprint density at radius 2 is 1.94 bits per heavy atom. The molecule has 0 aromatic rings. The highest BCUT2D eigenvalue weighted by Gasteiger charge is 2.30. The first-order valence-corrected chi connectivity index (χ1v) is 9.12. The maximum Gasteiger partial charge on any atom is 0.0340 e. The Hall–Kier alpha value is 0.620.